The van der Waals surface area contributed by atoms with Crippen LogP contribution in [-0.4, -0.2) is 54.0 Å². The fraction of sp³-hybridized carbons (Fsp3) is 0.308. The van der Waals surface area contributed by atoms with Gasteiger partial charge in [-0.2, -0.15) is 5.10 Å². The Balaban J connectivity index is 1.57. The van der Waals surface area contributed by atoms with Crippen LogP contribution in [0.25, 0.3) is 5.69 Å². The SMILES string of the molecule is COc1cc(SC)cc(-n2nc(C(N)=O)c3c2C(=O)N(c2ccc(N4CCCC4=O)c(C)c2)CC3)c1. The number of thioether (sulfide) groups is 1. The third-order valence-electron chi connectivity index (χ3n) is 6.69. The van der Waals surface area contributed by atoms with Gasteiger partial charge in [-0.05, 0) is 61.9 Å². The molecule has 36 heavy (non-hydrogen) atoms. The molecule has 9 nitrogen and oxygen atoms in total. The van der Waals surface area contributed by atoms with Crippen LogP contribution in [0.1, 0.15) is 44.9 Å². The molecule has 0 spiro atoms. The van der Waals surface area contributed by atoms with Crippen LogP contribution in [0.5, 0.6) is 5.75 Å². The third-order valence-corrected chi connectivity index (χ3v) is 7.39. The van der Waals surface area contributed by atoms with Crippen LogP contribution in [-0.2, 0) is 11.2 Å². The number of anilines is 2. The van der Waals surface area contributed by atoms with E-state index < -0.39 is 5.91 Å². The zero-order valence-corrected chi connectivity index (χ0v) is 21.2. The monoisotopic (exact) mass is 505 g/mol. The molecule has 2 N–H and O–H groups in total. The van der Waals surface area contributed by atoms with E-state index in [1.807, 2.05) is 43.5 Å². The molecule has 10 heteroatoms. The lowest BCUT2D eigenvalue weighted by molar-refractivity contribution is -0.117. The average molecular weight is 506 g/mol. The van der Waals surface area contributed by atoms with Crippen molar-refractivity contribution in [2.75, 3.05) is 36.3 Å². The maximum Gasteiger partial charge on any atom is 0.277 e. The molecular weight excluding hydrogens is 478 g/mol. The van der Waals surface area contributed by atoms with Crippen LogP contribution in [0, 0.1) is 6.92 Å². The van der Waals surface area contributed by atoms with Crippen LogP contribution < -0.4 is 20.3 Å². The first kappa shape index (κ1) is 23.9. The largest absolute Gasteiger partial charge is 0.497 e. The van der Waals surface area contributed by atoms with Crippen molar-refractivity contribution in [3.05, 3.63) is 58.9 Å². The van der Waals surface area contributed by atoms with Crippen LogP contribution in [0.15, 0.2) is 41.3 Å². The first-order chi connectivity index (χ1) is 17.3. The highest BCUT2D eigenvalue weighted by Crippen LogP contribution is 2.34. The van der Waals surface area contributed by atoms with Gasteiger partial charge < -0.3 is 20.3 Å². The van der Waals surface area contributed by atoms with E-state index in [0.29, 0.717) is 48.6 Å². The number of nitrogens with zero attached hydrogens (tertiary/aromatic N) is 4. The molecule has 5 rings (SSSR count). The molecule has 0 aliphatic carbocycles. The minimum atomic E-state index is -0.672. The summed E-state index contributed by atoms with van der Waals surface area (Å²) in [6.07, 6.45) is 3.79. The molecule has 0 saturated carbocycles. The summed E-state index contributed by atoms with van der Waals surface area (Å²) < 4.78 is 6.94. The summed E-state index contributed by atoms with van der Waals surface area (Å²) in [6.45, 7) is 3.03. The number of hydrogen-bond acceptors (Lipinski definition) is 6. The van der Waals surface area contributed by atoms with E-state index in [2.05, 4.69) is 5.10 Å². The number of hydrogen-bond donors (Lipinski definition) is 1. The minimum absolute atomic E-state index is 0.102. The van der Waals surface area contributed by atoms with Gasteiger partial charge in [-0.15, -0.1) is 11.8 Å². The maximum atomic E-state index is 13.9. The summed E-state index contributed by atoms with van der Waals surface area (Å²) in [6, 6.07) is 11.2. The molecule has 0 atom stereocenters. The van der Waals surface area contributed by atoms with E-state index in [1.54, 1.807) is 23.0 Å². The van der Waals surface area contributed by atoms with E-state index >= 15 is 0 Å². The number of carbonyl (C=O) groups excluding carboxylic acids is 3. The molecule has 2 aromatic carbocycles. The molecule has 3 aromatic rings. The number of rotatable bonds is 6. The Hall–Kier alpha value is -3.79. The third kappa shape index (κ3) is 4.01. The molecule has 2 aliphatic heterocycles. The second-order valence-electron chi connectivity index (χ2n) is 8.85. The number of aryl methyl sites for hydroxylation is 1. The van der Waals surface area contributed by atoms with Gasteiger partial charge in [0.25, 0.3) is 11.8 Å². The van der Waals surface area contributed by atoms with Crippen molar-refractivity contribution >= 4 is 40.9 Å². The van der Waals surface area contributed by atoms with Gasteiger partial charge in [0.05, 0.1) is 12.8 Å². The van der Waals surface area contributed by atoms with E-state index in [4.69, 9.17) is 10.5 Å². The number of nitrogens with two attached hydrogens (primary N) is 1. The molecule has 1 aromatic heterocycles. The van der Waals surface area contributed by atoms with E-state index in [-0.39, 0.29) is 17.5 Å². The van der Waals surface area contributed by atoms with Gasteiger partial charge in [-0.25, -0.2) is 4.68 Å². The molecule has 0 radical (unpaired) electrons. The zero-order valence-electron chi connectivity index (χ0n) is 20.4. The van der Waals surface area contributed by atoms with Crippen LogP contribution in [0.3, 0.4) is 0 Å². The lowest BCUT2D eigenvalue weighted by Gasteiger charge is -2.29. The number of carbonyl (C=O) groups is 3. The second kappa shape index (κ2) is 9.34. The fourth-order valence-electron chi connectivity index (χ4n) is 4.92. The van der Waals surface area contributed by atoms with Gasteiger partial charge in [0.15, 0.2) is 5.69 Å². The van der Waals surface area contributed by atoms with Gasteiger partial charge >= 0.3 is 0 Å². The summed E-state index contributed by atoms with van der Waals surface area (Å²) in [5.41, 5.74) is 9.73. The Bertz CT molecular complexity index is 1380. The standard InChI is InChI=1S/C26H27N5O4S/c1-15-11-16(6-7-21(15)30-9-4-5-22(30)32)29-10-8-20-23(25(27)33)28-31(24(20)26(29)34)17-12-18(35-2)14-19(13-17)36-3/h6-7,11-14H,4-5,8-10H2,1-3H3,(H2,27,33). The van der Waals surface area contributed by atoms with Crippen LogP contribution in [0.4, 0.5) is 11.4 Å². The minimum Gasteiger partial charge on any atom is -0.497 e. The number of ether oxygens (including phenoxy) is 1. The van der Waals surface area contributed by atoms with Crippen molar-refractivity contribution in [2.45, 2.75) is 31.1 Å². The number of aromatic nitrogens is 2. The molecule has 0 bridgehead atoms. The van der Waals surface area contributed by atoms with Gasteiger partial charge in [0.1, 0.15) is 11.4 Å². The van der Waals surface area contributed by atoms with Crippen molar-refractivity contribution in [1.29, 1.82) is 0 Å². The summed E-state index contributed by atoms with van der Waals surface area (Å²) in [4.78, 5) is 42.7. The van der Waals surface area contributed by atoms with E-state index in [0.717, 1.165) is 28.3 Å². The molecule has 1 fully saturated rings. The summed E-state index contributed by atoms with van der Waals surface area (Å²) in [5, 5.41) is 4.47. The fourth-order valence-corrected chi connectivity index (χ4v) is 5.39. The normalized spacial score (nSPS) is 15.4. The second-order valence-corrected chi connectivity index (χ2v) is 9.73. The summed E-state index contributed by atoms with van der Waals surface area (Å²) in [5.74, 6) is -0.205. The quantitative estimate of drug-likeness (QED) is 0.515. The lowest BCUT2D eigenvalue weighted by atomic mass is 10.0. The van der Waals surface area contributed by atoms with Crippen LogP contribution >= 0.6 is 11.8 Å². The van der Waals surface area contributed by atoms with Crippen molar-refractivity contribution in [3.63, 3.8) is 0 Å². The first-order valence-electron chi connectivity index (χ1n) is 11.7. The van der Waals surface area contributed by atoms with Crippen LogP contribution in [0.2, 0.25) is 0 Å². The number of methoxy groups -OCH3 is 1. The summed E-state index contributed by atoms with van der Waals surface area (Å²) in [7, 11) is 1.57. The topological polar surface area (TPSA) is 111 Å². The molecule has 3 heterocycles. The van der Waals surface area contributed by atoms with Crippen molar-refractivity contribution in [2.24, 2.45) is 5.73 Å². The zero-order chi connectivity index (χ0) is 25.6. The number of primary amides is 1. The number of fused-ring (bicyclic) bond motifs is 1. The van der Waals surface area contributed by atoms with E-state index in [9.17, 15) is 14.4 Å². The highest BCUT2D eigenvalue weighted by Gasteiger charge is 2.35. The molecule has 1 saturated heterocycles. The Morgan fingerprint density at radius 3 is 2.50 bits per heavy atom. The highest BCUT2D eigenvalue weighted by molar-refractivity contribution is 7.98. The van der Waals surface area contributed by atoms with Gasteiger partial charge in [0.2, 0.25) is 5.91 Å². The van der Waals surface area contributed by atoms with Gasteiger partial charge in [-0.3, -0.25) is 14.4 Å². The van der Waals surface area contributed by atoms with Crippen molar-refractivity contribution in [1.82, 2.24) is 9.78 Å². The van der Waals surface area contributed by atoms with Crippen molar-refractivity contribution < 1.29 is 19.1 Å². The Labute approximate surface area is 213 Å². The first-order valence-corrected chi connectivity index (χ1v) is 12.9. The summed E-state index contributed by atoms with van der Waals surface area (Å²) >= 11 is 1.53. The molecule has 2 aliphatic rings. The molecule has 0 unspecified atom stereocenters. The van der Waals surface area contributed by atoms with Crippen molar-refractivity contribution in [3.8, 4) is 11.4 Å². The highest BCUT2D eigenvalue weighted by atomic mass is 32.2. The smallest absolute Gasteiger partial charge is 0.277 e. The van der Waals surface area contributed by atoms with E-state index in [1.165, 1.54) is 16.4 Å². The molecule has 186 valence electrons. The predicted molar refractivity (Wildman–Crippen MR) is 139 cm³/mol. The predicted octanol–water partition coefficient (Wildman–Crippen LogP) is 3.34. The Morgan fingerprint density at radius 2 is 1.86 bits per heavy atom. The average Bonchev–Trinajstić information content (AvgIpc) is 3.48. The molecule has 3 amide bonds. The number of benzene rings is 2. The Morgan fingerprint density at radius 1 is 1.06 bits per heavy atom. The Kier molecular flexibility index (Phi) is 6.21. The van der Waals surface area contributed by atoms with Gasteiger partial charge in [0, 0.05) is 47.4 Å². The number of amides is 3. The van der Waals surface area contributed by atoms with Gasteiger partial charge in [-0.1, -0.05) is 0 Å². The molecular formula is C26H27N5O4S. The lowest BCUT2D eigenvalue weighted by Crippen LogP contribution is -2.39. The maximum absolute atomic E-state index is 13.9.